The van der Waals surface area contributed by atoms with Gasteiger partial charge in [0.05, 0.1) is 13.3 Å². The second-order valence-corrected chi connectivity index (χ2v) is 51.7. The topological polar surface area (TPSA) is 344 Å². The largest absolute Gasteiger partial charge is 0.550 e. The lowest BCUT2D eigenvalue weighted by molar-refractivity contribution is -0.358. The number of carbonyl (C=O) groups is 9. The van der Waals surface area contributed by atoms with Crippen LogP contribution >= 0.6 is 0 Å². The third-order valence-electron chi connectivity index (χ3n) is 37.8. The molecule has 6 unspecified atom stereocenters. The lowest BCUT2D eigenvalue weighted by atomic mass is 9.43. The van der Waals surface area contributed by atoms with E-state index in [0.29, 0.717) is 83.7 Å². The minimum atomic E-state index is -1.41. The minimum Gasteiger partial charge on any atom is -0.550 e. The van der Waals surface area contributed by atoms with Crippen molar-refractivity contribution < 1.29 is 97.7 Å². The lowest BCUT2D eigenvalue weighted by Crippen LogP contribution is -2.55. The van der Waals surface area contributed by atoms with Crippen molar-refractivity contribution in [3.05, 3.63) is 158 Å². The Balaban J connectivity index is 0.000000155. The van der Waals surface area contributed by atoms with Gasteiger partial charge in [-0.1, -0.05) is 167 Å². The number of aryl methyl sites for hydroxylation is 4. The molecule has 5 aromatic rings. The second kappa shape index (κ2) is 41.5. The van der Waals surface area contributed by atoms with Gasteiger partial charge in [-0.3, -0.25) is 14.4 Å². The number of nitrogens with one attached hydrogen (secondary N) is 2. The van der Waals surface area contributed by atoms with Crippen molar-refractivity contribution in [2.45, 2.75) is 399 Å². The number of amides is 2. The van der Waals surface area contributed by atoms with Crippen molar-refractivity contribution in [2.24, 2.45) is 96.6 Å². The number of aliphatic carboxylic acids is 3. The van der Waals surface area contributed by atoms with Crippen LogP contribution in [0.5, 0.6) is 23.0 Å². The molecule has 17 rings (SSSR count). The molecule has 0 aliphatic heterocycles. The van der Waals surface area contributed by atoms with Crippen LogP contribution < -0.4 is 35.7 Å². The molecule has 142 heavy (non-hydrogen) atoms. The number of rotatable bonds is 15. The summed E-state index contributed by atoms with van der Waals surface area (Å²) in [6, 6.07) is 24.0. The van der Waals surface area contributed by atoms with Crippen molar-refractivity contribution in [3.8, 4) is 23.0 Å². The van der Waals surface area contributed by atoms with E-state index in [1.165, 1.54) is 192 Å². The van der Waals surface area contributed by atoms with E-state index in [4.69, 9.17) is 38.6 Å². The van der Waals surface area contributed by atoms with Crippen LogP contribution in [0.1, 0.15) is 373 Å². The number of carboxylic acids is 3. The summed E-state index contributed by atoms with van der Waals surface area (Å²) < 4.78 is 31.2. The lowest BCUT2D eigenvalue weighted by Gasteiger charge is -2.61. The smallest absolute Gasteiger partial charge is 0.408 e. The van der Waals surface area contributed by atoms with E-state index >= 15 is 0 Å². The van der Waals surface area contributed by atoms with Gasteiger partial charge in [-0.25, -0.2) is 24.0 Å². The first kappa shape index (κ1) is 111. The Morgan fingerprint density at radius 2 is 0.782 bits per heavy atom. The molecule has 12 aliphatic carbocycles. The van der Waals surface area contributed by atoms with Crippen LogP contribution in [0.2, 0.25) is 0 Å². The van der Waals surface area contributed by atoms with E-state index in [2.05, 4.69) is 192 Å². The van der Waals surface area contributed by atoms with Crippen LogP contribution in [0.4, 0.5) is 9.59 Å². The molecule has 18 atom stereocenters. The quantitative estimate of drug-likeness (QED) is 0.0245. The number of esters is 4. The van der Waals surface area contributed by atoms with Gasteiger partial charge >= 0.3 is 48.0 Å². The number of ether oxygens (including phenoxy) is 6. The van der Waals surface area contributed by atoms with Crippen LogP contribution in [-0.2, 0) is 102 Å². The van der Waals surface area contributed by atoms with Gasteiger partial charge in [0, 0.05) is 19.3 Å². The number of carboxylic acid groups (broad SMARTS) is 3. The Labute approximate surface area is 847 Å². The Bertz CT molecular complexity index is 5540. The van der Waals surface area contributed by atoms with E-state index in [1.54, 1.807) is 82.5 Å². The van der Waals surface area contributed by atoms with Crippen LogP contribution in [0.3, 0.4) is 0 Å². The molecule has 8 N–H and O–H groups in total. The number of alkyl carbamates (subject to hydrolysis) is 2. The standard InChI is InChI=1S/C27H36O4.C24H35NO2.C24H34O2.C22H32O.C16H21NO6.C7H13NO4/c1-16-12-19(31-24(30)17(2)13-22(28)29)14-18-15-21-26(5)10-7-9-25(3,4)20(26)8-11-27(21,6)23(16)18;1-15-11-17(27-20(26)14-25)12-16-13-19-23(4)9-6-8-22(2,3)18(23)7-10-24(19,5)21(15)16;1-15-12-18(26-16(2)25)13-17-14-20-23(5)10-7-9-22(3,4)19(23)8-11-24(20,6)21(15)17;1-14-11-16(23)12-15-13-18-21(4)9-6-8-20(2,3)17(21)7-10-22(18,5)19(14)15;1-16(2,3)23-15(21)17-12(14(19)20)9-13(18)22-10-11-7-5-4-6-8-11;1-7(2,3)12-6(11)8-4-5(9)10/h12,14,17,20-21H,2,7-11,13,15H2,1,3-6H3;11-12,18-19H,6-10,13-14,25H2,1-5H3;12-13,19-20H,7-11,14H2,1-6H3;11-12,17-18,23H,6-10,13H2,1-5H3;4-8,12H,9-10H2,1-3H3,(H,17,21)(H,19,20);4H2,1-3H3,(H,8,11)(H,9,10)/p+1/t17?,20?,21-,26+,27-;18?,19-,23+,24-;19?,20-,23+,24-;17?,18-,21+,22-;;/m1111../s1. The second-order valence-electron chi connectivity index (χ2n) is 51.7. The molecule has 0 aromatic heterocycles. The molecular weight excluding hydrogens is 1790 g/mol. The van der Waals surface area contributed by atoms with E-state index in [-0.39, 0.29) is 41.3 Å². The van der Waals surface area contributed by atoms with Crippen LogP contribution in [-0.4, -0.2) is 99.6 Å². The highest BCUT2D eigenvalue weighted by Crippen LogP contribution is 2.73. The maximum atomic E-state index is 12.3. The summed E-state index contributed by atoms with van der Waals surface area (Å²) in [6.07, 6.45) is 28.6. The molecular formula is C120H172N3O19+. The first-order chi connectivity index (χ1) is 65.7. The fraction of sp³-hybridized carbons (Fsp3) is 0.667. The SMILES string of the molecule is CC(=O)Oc1cc(C)c2c(c1)C[C@H]1[C@@]2(C)CCC2C(C)(C)CCC[C@@]21C.CC(C)(C)OC(=O)NC(CC(=O)OCc1ccccc1)C(=O)O.CC(C)(C)OC(=O)NCC(=O)O.Cc1cc(O)cc2c1[C@]1(C)CCC3C(C)(C)CCC[C@]3(C)[C@H]1C2.Cc1cc(OC(=O)C[NH3+])cc2c1[C@]1(C)CCC3C(C)(C)CCC[C@]3(C)[C@H]1C2.[CH2+]C(CC(=O)[O-])C(=O)Oc1cc(C)c2c(c1)C[C@H]1[C@@]2(C)CCC2C(C)(C)CCC[C@@]21C. The predicted molar refractivity (Wildman–Crippen MR) is 551 cm³/mol. The number of hydrogen-bond acceptors (Lipinski definition) is 17. The third kappa shape index (κ3) is 23.0. The molecule has 780 valence electrons. The van der Waals surface area contributed by atoms with E-state index < -0.39 is 84.6 Å². The van der Waals surface area contributed by atoms with Crippen molar-refractivity contribution in [1.29, 1.82) is 0 Å². The number of phenolic OH excluding ortho intramolecular Hbond substituents is 1. The predicted octanol–water partition coefficient (Wildman–Crippen LogP) is 23.2. The molecule has 2 amide bonds. The molecule has 0 heterocycles. The van der Waals surface area contributed by atoms with Gasteiger partial charge in [0.2, 0.25) is 0 Å². The van der Waals surface area contributed by atoms with Crippen LogP contribution in [0.15, 0.2) is 78.9 Å². The summed E-state index contributed by atoms with van der Waals surface area (Å²) >= 11 is 0. The average Bonchev–Trinajstić information content (AvgIpc) is 1.54. The summed E-state index contributed by atoms with van der Waals surface area (Å²) in [6.45, 7) is 64.0. The van der Waals surface area contributed by atoms with Gasteiger partial charge in [0.25, 0.3) is 0 Å². The Morgan fingerprint density at radius 3 is 1.11 bits per heavy atom. The number of fused-ring (bicyclic) bond motifs is 20. The van der Waals surface area contributed by atoms with Crippen molar-refractivity contribution in [2.75, 3.05) is 13.1 Å². The molecule has 0 saturated heterocycles. The highest BCUT2D eigenvalue weighted by atomic mass is 16.6. The first-order valence-electron chi connectivity index (χ1n) is 53.0. The van der Waals surface area contributed by atoms with Gasteiger partial charge in [0.15, 0.2) is 12.5 Å². The normalized spacial score (nSPS) is 30.8. The zero-order chi connectivity index (χ0) is 105. The molecule has 8 saturated carbocycles. The Kier molecular flexibility index (Phi) is 32.5. The molecule has 0 radical (unpaired) electrons. The Hall–Kier alpha value is -9.44. The van der Waals surface area contributed by atoms with Crippen molar-refractivity contribution in [1.82, 2.24) is 10.6 Å². The highest BCUT2D eigenvalue weighted by molar-refractivity contribution is 5.85. The van der Waals surface area contributed by atoms with E-state index in [1.807, 2.05) is 24.3 Å². The monoisotopic (exact) mass is 1960 g/mol. The molecule has 0 bridgehead atoms. The maximum Gasteiger partial charge on any atom is 0.408 e. The zero-order valence-corrected chi connectivity index (χ0v) is 91.1. The fourth-order valence-electron chi connectivity index (χ4n) is 32.8. The summed E-state index contributed by atoms with van der Waals surface area (Å²) in [7, 11) is 0. The van der Waals surface area contributed by atoms with Gasteiger partial charge in [-0.05, 0) is 431 Å². The number of hydrogen-bond donors (Lipinski definition) is 6. The van der Waals surface area contributed by atoms with E-state index in [0.717, 1.165) is 60.2 Å². The van der Waals surface area contributed by atoms with Crippen LogP contribution in [0, 0.1) is 131 Å². The minimum absolute atomic E-state index is 0.0401. The number of phenols is 1. The van der Waals surface area contributed by atoms with Crippen molar-refractivity contribution in [3.63, 3.8) is 0 Å². The van der Waals surface area contributed by atoms with Gasteiger partial charge in [-0.2, -0.15) is 0 Å². The highest BCUT2D eigenvalue weighted by Gasteiger charge is 2.66. The zero-order valence-electron chi connectivity index (χ0n) is 91.1. The average molecular weight is 1960 g/mol. The Morgan fingerprint density at radius 1 is 0.444 bits per heavy atom. The number of benzene rings is 5. The summed E-state index contributed by atoms with van der Waals surface area (Å²) in [5.41, 5.74) is 24.2. The third-order valence-corrected chi connectivity index (χ3v) is 37.8. The van der Waals surface area contributed by atoms with E-state index in [9.17, 15) is 53.4 Å². The van der Waals surface area contributed by atoms with Crippen LogP contribution in [0.25, 0.3) is 0 Å². The molecule has 8 fully saturated rings. The van der Waals surface area contributed by atoms with Gasteiger partial charge in [0.1, 0.15) is 53.4 Å². The van der Waals surface area contributed by atoms with Gasteiger partial charge < -0.3 is 70.0 Å². The molecule has 12 aliphatic rings. The number of carbonyl (C=O) groups excluding carboxylic acids is 7. The fourth-order valence-corrected chi connectivity index (χ4v) is 32.8. The number of aromatic hydroxyl groups is 1. The number of quaternary nitrogens is 1. The molecule has 22 nitrogen and oxygen atoms in total. The molecule has 22 heteroatoms. The molecule has 5 aromatic carbocycles. The summed E-state index contributed by atoms with van der Waals surface area (Å²) in [5, 5.41) is 42.3. The summed E-state index contributed by atoms with van der Waals surface area (Å²) in [4.78, 5) is 101. The molecule has 0 spiro atoms. The van der Waals surface area contributed by atoms with Gasteiger partial charge in [-0.15, -0.1) is 0 Å². The maximum absolute atomic E-state index is 12.3. The summed E-state index contributed by atoms with van der Waals surface area (Å²) in [5.74, 6) is 1.82. The van der Waals surface area contributed by atoms with Crippen molar-refractivity contribution >= 4 is 54.0 Å². The first-order valence-corrected chi connectivity index (χ1v) is 53.0.